The molecule has 2 aromatic heterocycles. The van der Waals surface area contributed by atoms with Gasteiger partial charge in [0.2, 0.25) is 0 Å². The second-order valence-electron chi connectivity index (χ2n) is 8.24. The van der Waals surface area contributed by atoms with Crippen LogP contribution in [-0.2, 0) is 0 Å². The Balaban J connectivity index is 1.26. The molecule has 3 aromatic carbocycles. The van der Waals surface area contributed by atoms with Crippen molar-refractivity contribution in [3.05, 3.63) is 60.3 Å². The quantitative estimate of drug-likeness (QED) is 0.221. The van der Waals surface area contributed by atoms with Crippen molar-refractivity contribution in [1.82, 2.24) is 15.4 Å². The van der Waals surface area contributed by atoms with E-state index in [4.69, 9.17) is 14.0 Å². The molecule has 0 bridgehead atoms. The van der Waals surface area contributed by atoms with Gasteiger partial charge in [0, 0.05) is 23.7 Å². The molecule has 6 rings (SSSR count). The van der Waals surface area contributed by atoms with E-state index in [1.165, 1.54) is 24.8 Å². The molecule has 2 heterocycles. The lowest BCUT2D eigenvalue weighted by Crippen LogP contribution is -1.95. The third-order valence-corrected chi connectivity index (χ3v) is 6.79. The summed E-state index contributed by atoms with van der Waals surface area (Å²) in [6.45, 7) is 0. The molecular weight excluding hydrogens is 450 g/mol. The molecule has 1 saturated carbocycles. The monoisotopic (exact) mass is 473 g/mol. The lowest BCUT2D eigenvalue weighted by molar-refractivity contribution is 0.405. The number of benzene rings is 3. The van der Waals surface area contributed by atoms with Crippen LogP contribution in [0, 0.1) is 0 Å². The number of rotatable bonds is 8. The van der Waals surface area contributed by atoms with Crippen LogP contribution in [0.4, 0.5) is 17.3 Å². The number of fused-ring (bicyclic) bond motifs is 2. The van der Waals surface area contributed by atoms with E-state index in [1.807, 2.05) is 36.4 Å². The number of nitrogens with one attached hydrogen (secondary N) is 3. The number of methoxy groups -OCH3 is 2. The van der Waals surface area contributed by atoms with Gasteiger partial charge in [0.05, 0.1) is 30.2 Å². The van der Waals surface area contributed by atoms with Gasteiger partial charge in [0.15, 0.2) is 17.2 Å². The van der Waals surface area contributed by atoms with Crippen LogP contribution in [0.5, 0.6) is 11.5 Å². The molecule has 1 aliphatic carbocycles. The highest BCUT2D eigenvalue weighted by Gasteiger charge is 2.25. The van der Waals surface area contributed by atoms with E-state index in [0.717, 1.165) is 44.0 Å². The highest BCUT2D eigenvalue weighted by atomic mass is 32.2. The van der Waals surface area contributed by atoms with Gasteiger partial charge in [0.25, 0.3) is 0 Å². The molecule has 3 N–H and O–H groups in total. The highest BCUT2D eigenvalue weighted by molar-refractivity contribution is 8.00. The molecule has 8 nitrogen and oxygen atoms in total. The van der Waals surface area contributed by atoms with Crippen LogP contribution in [0.15, 0.2) is 64.0 Å². The summed E-state index contributed by atoms with van der Waals surface area (Å²) in [5.74, 6) is 3.42. The molecule has 1 fully saturated rings. The molecule has 0 aliphatic heterocycles. The molecule has 172 valence electrons. The molecular formula is C25H23N5O3S. The minimum absolute atomic E-state index is 0.606. The van der Waals surface area contributed by atoms with E-state index in [9.17, 15) is 0 Å². The van der Waals surface area contributed by atoms with Crippen molar-refractivity contribution in [2.45, 2.75) is 23.7 Å². The minimum atomic E-state index is 0.606. The number of aromatic amines is 1. The number of anilines is 3. The Bertz CT molecular complexity index is 1490. The Morgan fingerprint density at radius 1 is 1.00 bits per heavy atom. The number of H-pyrrole nitrogens is 1. The van der Waals surface area contributed by atoms with Gasteiger partial charge in [-0.1, -0.05) is 29.4 Å². The highest BCUT2D eigenvalue weighted by Crippen LogP contribution is 2.41. The summed E-state index contributed by atoms with van der Waals surface area (Å²) >= 11 is 1.42. The van der Waals surface area contributed by atoms with Crippen molar-refractivity contribution in [1.29, 1.82) is 0 Å². The molecule has 0 spiro atoms. The van der Waals surface area contributed by atoms with Gasteiger partial charge in [-0.2, -0.15) is 5.10 Å². The van der Waals surface area contributed by atoms with E-state index < -0.39 is 0 Å². The molecule has 0 amide bonds. The second kappa shape index (κ2) is 8.49. The van der Waals surface area contributed by atoms with Gasteiger partial charge in [-0.15, -0.1) is 0 Å². The third-order valence-electron chi connectivity index (χ3n) is 5.96. The summed E-state index contributed by atoms with van der Waals surface area (Å²) in [6, 6.07) is 18.1. The minimum Gasteiger partial charge on any atom is -0.495 e. The van der Waals surface area contributed by atoms with Crippen LogP contribution in [0.1, 0.15) is 24.5 Å². The van der Waals surface area contributed by atoms with Crippen molar-refractivity contribution in [3.8, 4) is 11.5 Å². The second-order valence-corrected chi connectivity index (χ2v) is 9.09. The van der Waals surface area contributed by atoms with Gasteiger partial charge in [0.1, 0.15) is 11.5 Å². The summed E-state index contributed by atoms with van der Waals surface area (Å²) in [6.07, 6.45) is 2.43. The molecule has 0 radical (unpaired) electrons. The third kappa shape index (κ3) is 3.88. The summed E-state index contributed by atoms with van der Waals surface area (Å²) in [5.41, 5.74) is 2.56. The predicted molar refractivity (Wildman–Crippen MR) is 134 cm³/mol. The fourth-order valence-electron chi connectivity index (χ4n) is 3.99. The zero-order chi connectivity index (χ0) is 23.1. The van der Waals surface area contributed by atoms with E-state index in [1.54, 1.807) is 14.2 Å². The van der Waals surface area contributed by atoms with Crippen molar-refractivity contribution in [3.63, 3.8) is 0 Å². The van der Waals surface area contributed by atoms with Crippen LogP contribution < -0.4 is 19.5 Å². The molecule has 9 heteroatoms. The first kappa shape index (κ1) is 20.7. The molecule has 0 atom stereocenters. The smallest absolute Gasteiger partial charge is 0.187 e. The Morgan fingerprint density at radius 3 is 2.56 bits per heavy atom. The Morgan fingerprint density at radius 2 is 1.79 bits per heavy atom. The van der Waals surface area contributed by atoms with Gasteiger partial charge < -0.3 is 24.0 Å². The number of hydrogen-bond donors (Lipinski definition) is 3. The maximum atomic E-state index is 5.64. The maximum absolute atomic E-state index is 5.64. The van der Waals surface area contributed by atoms with Crippen LogP contribution >= 0.6 is 11.9 Å². The van der Waals surface area contributed by atoms with Gasteiger partial charge in [-0.05, 0) is 53.8 Å². The summed E-state index contributed by atoms with van der Waals surface area (Å²) in [5, 5.41) is 18.1. The van der Waals surface area contributed by atoms with Gasteiger partial charge in [-0.3, -0.25) is 5.10 Å². The standard InChI is InChI=1S/C25H23N5O3S/c1-31-21-11-17-20(12-19(21)26-24-13-18(27-28-24)14-7-8-14)33-29-25(17)30-34-23-10-16-6-4-3-5-15(16)9-22(23)32-2/h3-6,9-14H,7-8H2,1-2H3,(H,29,30)(H2,26,27,28). The zero-order valence-corrected chi connectivity index (χ0v) is 19.5. The topological polar surface area (TPSA) is 97.2 Å². The molecule has 0 saturated heterocycles. The molecule has 0 unspecified atom stereocenters. The number of hydrogen-bond acceptors (Lipinski definition) is 8. The first-order chi connectivity index (χ1) is 16.7. The van der Waals surface area contributed by atoms with E-state index in [-0.39, 0.29) is 0 Å². The van der Waals surface area contributed by atoms with Crippen LogP contribution in [0.25, 0.3) is 21.7 Å². The lowest BCUT2D eigenvalue weighted by atomic mass is 10.1. The number of aromatic nitrogens is 3. The van der Waals surface area contributed by atoms with E-state index in [0.29, 0.717) is 23.1 Å². The van der Waals surface area contributed by atoms with E-state index >= 15 is 0 Å². The SMILES string of the molecule is COc1cc2c(NSc3cc4ccccc4cc3OC)noc2cc1Nc1cc(C2CC2)[nH]n1. The normalized spacial score (nSPS) is 13.4. The fraction of sp³-hybridized carbons (Fsp3) is 0.200. The van der Waals surface area contributed by atoms with Gasteiger partial charge in [-0.25, -0.2) is 0 Å². The van der Waals surface area contributed by atoms with Crippen molar-refractivity contribution in [2.75, 3.05) is 24.3 Å². The first-order valence-corrected chi connectivity index (χ1v) is 11.8. The van der Waals surface area contributed by atoms with Crippen LogP contribution in [0.2, 0.25) is 0 Å². The number of nitrogens with zero attached hydrogens (tertiary/aromatic N) is 2. The van der Waals surface area contributed by atoms with Crippen molar-refractivity contribution in [2.24, 2.45) is 0 Å². The van der Waals surface area contributed by atoms with Crippen molar-refractivity contribution >= 4 is 51.0 Å². The average molecular weight is 474 g/mol. The summed E-state index contributed by atoms with van der Waals surface area (Å²) < 4.78 is 20.2. The van der Waals surface area contributed by atoms with Crippen LogP contribution in [0.3, 0.4) is 0 Å². The van der Waals surface area contributed by atoms with E-state index in [2.05, 4.69) is 43.6 Å². The summed E-state index contributed by atoms with van der Waals surface area (Å²) in [7, 11) is 3.31. The predicted octanol–water partition coefficient (Wildman–Crippen LogP) is 6.46. The first-order valence-electron chi connectivity index (χ1n) is 11.0. The van der Waals surface area contributed by atoms with Crippen molar-refractivity contribution < 1.29 is 14.0 Å². The zero-order valence-electron chi connectivity index (χ0n) is 18.7. The maximum Gasteiger partial charge on any atom is 0.187 e. The largest absolute Gasteiger partial charge is 0.495 e. The number of ether oxygens (including phenoxy) is 2. The van der Waals surface area contributed by atoms with Gasteiger partial charge >= 0.3 is 0 Å². The Hall–Kier alpha value is -3.85. The fourth-order valence-corrected chi connectivity index (χ4v) is 4.77. The Labute approximate surface area is 200 Å². The molecule has 34 heavy (non-hydrogen) atoms. The Kier molecular flexibility index (Phi) is 5.18. The average Bonchev–Trinajstić information content (AvgIpc) is 3.49. The molecule has 5 aromatic rings. The van der Waals surface area contributed by atoms with Crippen LogP contribution in [-0.4, -0.2) is 29.6 Å². The molecule has 1 aliphatic rings. The summed E-state index contributed by atoms with van der Waals surface area (Å²) in [4.78, 5) is 0.951. The lowest BCUT2D eigenvalue weighted by Gasteiger charge is -2.11.